The van der Waals surface area contributed by atoms with Gasteiger partial charge in [-0.2, -0.15) is 0 Å². The van der Waals surface area contributed by atoms with Gasteiger partial charge in [0, 0.05) is 55.1 Å². The van der Waals surface area contributed by atoms with Gasteiger partial charge < -0.3 is 18.6 Å². The minimum absolute atomic E-state index is 0.771. The van der Waals surface area contributed by atoms with E-state index in [0.717, 1.165) is 34.1 Å². The van der Waals surface area contributed by atoms with Crippen LogP contribution in [-0.4, -0.2) is 13.7 Å². The van der Waals surface area contributed by atoms with Gasteiger partial charge in [0.1, 0.15) is 0 Å². The van der Waals surface area contributed by atoms with Crippen molar-refractivity contribution in [3.8, 4) is 17.1 Å². The summed E-state index contributed by atoms with van der Waals surface area (Å²) in [6.45, 7) is 13.2. The van der Waals surface area contributed by atoms with Crippen LogP contribution in [0.25, 0.3) is 82.5 Å². The van der Waals surface area contributed by atoms with Crippen LogP contribution in [0.5, 0.6) is 0 Å². The quantitative estimate of drug-likeness (QED) is 0.162. The van der Waals surface area contributed by atoms with Crippen LogP contribution in [0, 0.1) is 41.5 Å². The van der Waals surface area contributed by atoms with Crippen molar-refractivity contribution in [2.75, 3.05) is 4.90 Å². The molecule has 3 aromatic heterocycles. The topological polar surface area (TPSA) is 18.0 Å². The number of hydrogen-bond acceptors (Lipinski definition) is 1. The highest BCUT2D eigenvalue weighted by molar-refractivity contribution is 6.12. The maximum absolute atomic E-state index is 2.53. The lowest BCUT2D eigenvalue weighted by Gasteiger charge is -2.47. The summed E-state index contributed by atoms with van der Waals surface area (Å²) in [6.07, 6.45) is 0. The molecule has 0 aliphatic carbocycles. The molecule has 4 heteroatoms. The molecular weight excluding hydrogens is 933 g/mol. The molecule has 0 fully saturated rings. The maximum atomic E-state index is 2.53. The average molecular weight is 989 g/mol. The maximum Gasteiger partial charge on any atom is 0.0743 e. The molecule has 4 heterocycles. The van der Waals surface area contributed by atoms with E-state index >= 15 is 0 Å². The summed E-state index contributed by atoms with van der Waals surface area (Å²) in [5.74, 6) is 0. The molecule has 0 spiro atoms. The van der Waals surface area contributed by atoms with E-state index in [2.05, 4.69) is 291 Å². The fourth-order valence-electron chi connectivity index (χ4n) is 13.4. The molecule has 1 aliphatic rings. The van der Waals surface area contributed by atoms with Crippen LogP contribution in [0.2, 0.25) is 0 Å². The summed E-state index contributed by atoms with van der Waals surface area (Å²) < 4.78 is 7.42. The second-order valence-electron chi connectivity index (χ2n) is 21.9. The Labute approximate surface area is 448 Å². The fourth-order valence-corrected chi connectivity index (χ4v) is 13.4. The van der Waals surface area contributed by atoms with Crippen molar-refractivity contribution in [2.24, 2.45) is 0 Å². The second-order valence-corrected chi connectivity index (χ2v) is 21.9. The van der Waals surface area contributed by atoms with Crippen molar-refractivity contribution in [3.05, 3.63) is 286 Å². The molecule has 4 nitrogen and oxygen atoms in total. The Hall–Kier alpha value is -9.38. The zero-order valence-electron chi connectivity index (χ0n) is 44.2. The molecule has 0 saturated heterocycles. The smallest absolute Gasteiger partial charge is 0.0743 e. The predicted octanol–water partition coefficient (Wildman–Crippen LogP) is 19.0. The Balaban J connectivity index is 1.05. The Morgan fingerprint density at radius 2 is 0.519 bits per heavy atom. The summed E-state index contributed by atoms with van der Waals surface area (Å²) in [5, 5.41) is 7.61. The Morgan fingerprint density at radius 3 is 0.831 bits per heavy atom. The molecule has 0 atom stereocenters. The molecule has 0 amide bonds. The van der Waals surface area contributed by atoms with E-state index in [1.807, 2.05) is 0 Å². The third-order valence-electron chi connectivity index (χ3n) is 16.8. The zero-order valence-corrected chi connectivity index (χ0v) is 44.2. The van der Waals surface area contributed by atoms with Crippen molar-refractivity contribution < 1.29 is 0 Å². The van der Waals surface area contributed by atoms with Gasteiger partial charge >= 0.3 is 0 Å². The van der Waals surface area contributed by atoms with Crippen molar-refractivity contribution >= 4 is 82.5 Å². The van der Waals surface area contributed by atoms with Gasteiger partial charge in [0.25, 0.3) is 0 Å². The molecule has 77 heavy (non-hydrogen) atoms. The Kier molecular flexibility index (Phi) is 9.84. The van der Waals surface area contributed by atoms with Crippen molar-refractivity contribution in [1.82, 2.24) is 13.7 Å². The van der Waals surface area contributed by atoms with Gasteiger partial charge in [0.05, 0.1) is 49.9 Å². The number of anilines is 3. The van der Waals surface area contributed by atoms with Gasteiger partial charge in [-0.05, 0) is 197 Å². The number of aromatic nitrogens is 3. The van der Waals surface area contributed by atoms with Crippen LogP contribution in [0.4, 0.5) is 17.1 Å². The number of rotatable bonds is 6. The van der Waals surface area contributed by atoms with Crippen molar-refractivity contribution in [1.29, 1.82) is 0 Å². The van der Waals surface area contributed by atoms with Crippen LogP contribution < -0.4 is 4.90 Å². The molecule has 14 aromatic rings. The second kappa shape index (κ2) is 16.8. The minimum atomic E-state index is -0.771. The molecule has 15 rings (SSSR count). The third-order valence-corrected chi connectivity index (χ3v) is 16.8. The highest BCUT2D eigenvalue weighted by Crippen LogP contribution is 2.59. The van der Waals surface area contributed by atoms with Crippen LogP contribution in [0.15, 0.2) is 231 Å². The van der Waals surface area contributed by atoms with Crippen LogP contribution in [-0.2, 0) is 5.41 Å². The highest BCUT2D eigenvalue weighted by atomic mass is 15.2. The largest absolute Gasteiger partial charge is 0.310 e. The van der Waals surface area contributed by atoms with Crippen LogP contribution in [0.1, 0.15) is 55.6 Å². The first-order chi connectivity index (χ1) is 37.6. The molecule has 0 saturated carbocycles. The van der Waals surface area contributed by atoms with E-state index in [9.17, 15) is 0 Å². The first kappa shape index (κ1) is 45.0. The summed E-state index contributed by atoms with van der Waals surface area (Å²) >= 11 is 0. The molecule has 11 aromatic carbocycles. The first-order valence-electron chi connectivity index (χ1n) is 27.0. The van der Waals surface area contributed by atoms with Crippen molar-refractivity contribution in [2.45, 2.75) is 47.0 Å². The lowest BCUT2D eigenvalue weighted by molar-refractivity contribution is 0.729. The lowest BCUT2D eigenvalue weighted by atomic mass is 9.62. The van der Waals surface area contributed by atoms with Gasteiger partial charge in [0.15, 0.2) is 0 Å². The van der Waals surface area contributed by atoms with Crippen LogP contribution >= 0.6 is 0 Å². The van der Waals surface area contributed by atoms with Gasteiger partial charge in [-0.25, -0.2) is 0 Å². The van der Waals surface area contributed by atoms with E-state index in [4.69, 9.17) is 0 Å². The number of nitrogens with zero attached hydrogens (tertiary/aromatic N) is 4. The average Bonchev–Trinajstić information content (AvgIpc) is 4.25. The predicted molar refractivity (Wildman–Crippen MR) is 324 cm³/mol. The van der Waals surface area contributed by atoms with Crippen molar-refractivity contribution in [3.63, 3.8) is 0 Å². The van der Waals surface area contributed by atoms with Gasteiger partial charge in [0.2, 0.25) is 0 Å². The molecule has 0 radical (unpaired) electrons. The SMILES string of the molecule is Cc1ccc2c(c1)c1cc(C)ccc1n2-c1ccc(N2c3ccc(-n4c5ccc(C)cc5c5cc(C)ccc54)cc3C(c3ccccc3)(c3ccccc3)c3cc(-n4c5ccc(C)cc5c5cc(C)ccc54)ccc32)cc1. The van der Waals surface area contributed by atoms with E-state index < -0.39 is 5.41 Å². The Bertz CT molecular complexity index is 4340. The lowest BCUT2D eigenvalue weighted by Crippen LogP contribution is -2.38. The fraction of sp³-hybridized carbons (Fsp3) is 0.0959. The summed E-state index contributed by atoms with van der Waals surface area (Å²) in [6, 6.07) is 87.7. The number of fused-ring (bicyclic) bond motifs is 11. The highest BCUT2D eigenvalue weighted by Gasteiger charge is 2.47. The minimum Gasteiger partial charge on any atom is -0.310 e. The van der Waals surface area contributed by atoms with E-state index in [-0.39, 0.29) is 0 Å². The molecule has 0 bridgehead atoms. The molecule has 0 N–H and O–H groups in total. The summed E-state index contributed by atoms with van der Waals surface area (Å²) in [7, 11) is 0. The standard InChI is InChI=1S/C73H56N4/c1-45-17-29-65-57(37-45)58-38-46(2)18-30-66(58)74(65)53-23-25-54(26-24-53)75-71-35-27-55(76-67-31-19-47(3)39-59(67)60-40-48(4)20-32-68(60)76)43-63(71)73(51-13-9-7-10-14-51,52-15-11-8-12-16-52)64-44-56(28-36-72(64)75)77-69-33-21-49(5)41-61(69)62-42-50(6)22-34-70(62)77/h7-44H,1-6H3. The van der Waals surface area contributed by atoms with Gasteiger partial charge in [-0.3, -0.25) is 0 Å². The Morgan fingerprint density at radius 1 is 0.247 bits per heavy atom. The monoisotopic (exact) mass is 988 g/mol. The normalized spacial score (nSPS) is 13.1. The molecular formula is C73H56N4. The summed E-state index contributed by atoms with van der Waals surface area (Å²) in [4.78, 5) is 2.53. The first-order valence-corrected chi connectivity index (χ1v) is 27.0. The van der Waals surface area contributed by atoms with E-state index in [1.165, 1.54) is 121 Å². The zero-order chi connectivity index (χ0) is 51.8. The summed E-state index contributed by atoms with van der Waals surface area (Å²) in [5.41, 5.74) is 25.5. The van der Waals surface area contributed by atoms with Gasteiger partial charge in [-0.1, -0.05) is 130 Å². The molecule has 0 unspecified atom stereocenters. The third kappa shape index (κ3) is 6.64. The van der Waals surface area contributed by atoms with Crippen LogP contribution in [0.3, 0.4) is 0 Å². The van der Waals surface area contributed by atoms with E-state index in [1.54, 1.807) is 0 Å². The number of aryl methyl sites for hydroxylation is 6. The number of hydrogen-bond donors (Lipinski definition) is 0. The van der Waals surface area contributed by atoms with Gasteiger partial charge in [-0.15, -0.1) is 0 Å². The molecule has 1 aliphatic heterocycles. The number of benzene rings is 11. The van der Waals surface area contributed by atoms with E-state index in [0.29, 0.717) is 0 Å². The molecule has 368 valence electrons.